The third-order valence-corrected chi connectivity index (χ3v) is 3.86. The molecule has 0 aliphatic heterocycles. The molecular weight excluding hydrogens is 296 g/mol. The molecular formula is C18H19ClN2O. The summed E-state index contributed by atoms with van der Waals surface area (Å²) < 4.78 is 8.07. The maximum absolute atomic E-state index is 5.88. The fraction of sp³-hybridized carbons (Fsp3) is 0.278. The van der Waals surface area contributed by atoms with Crippen molar-refractivity contribution in [2.75, 3.05) is 6.61 Å². The Hall–Kier alpha value is -2.00. The Balaban J connectivity index is 1.74. The monoisotopic (exact) mass is 314 g/mol. The van der Waals surface area contributed by atoms with Gasteiger partial charge in [0.05, 0.1) is 17.6 Å². The molecule has 0 saturated heterocycles. The largest absolute Gasteiger partial charge is 0.492 e. The molecule has 0 bridgehead atoms. The summed E-state index contributed by atoms with van der Waals surface area (Å²) in [6, 6.07) is 15.7. The van der Waals surface area contributed by atoms with Crippen molar-refractivity contribution in [1.29, 1.82) is 0 Å². The van der Waals surface area contributed by atoms with Crippen molar-refractivity contribution in [1.82, 2.24) is 9.55 Å². The first-order valence-corrected chi connectivity index (χ1v) is 7.98. The quantitative estimate of drug-likeness (QED) is 0.658. The molecule has 0 N–H and O–H groups in total. The zero-order valence-electron chi connectivity index (χ0n) is 12.6. The van der Waals surface area contributed by atoms with Crippen molar-refractivity contribution in [3.8, 4) is 5.75 Å². The Morgan fingerprint density at radius 3 is 2.64 bits per heavy atom. The van der Waals surface area contributed by atoms with Gasteiger partial charge in [0.2, 0.25) is 0 Å². The third kappa shape index (κ3) is 3.25. The zero-order chi connectivity index (χ0) is 15.4. The molecule has 0 saturated carbocycles. The van der Waals surface area contributed by atoms with Gasteiger partial charge in [-0.3, -0.25) is 0 Å². The lowest BCUT2D eigenvalue weighted by molar-refractivity contribution is 0.298. The van der Waals surface area contributed by atoms with Crippen LogP contribution >= 0.6 is 11.6 Å². The minimum atomic E-state index is 0.610. The van der Waals surface area contributed by atoms with E-state index in [-0.39, 0.29) is 0 Å². The second-order valence-corrected chi connectivity index (χ2v) is 5.66. The first-order chi connectivity index (χ1) is 10.8. The fourth-order valence-electron chi connectivity index (χ4n) is 2.57. The molecule has 2 aromatic carbocycles. The highest BCUT2D eigenvalue weighted by atomic mass is 35.5. The van der Waals surface area contributed by atoms with E-state index in [4.69, 9.17) is 21.3 Å². The van der Waals surface area contributed by atoms with E-state index < -0.39 is 0 Å². The van der Waals surface area contributed by atoms with Crippen LogP contribution in [0.3, 0.4) is 0 Å². The maximum atomic E-state index is 5.88. The second-order valence-electron chi connectivity index (χ2n) is 5.22. The summed E-state index contributed by atoms with van der Waals surface area (Å²) in [7, 11) is 0. The lowest BCUT2D eigenvalue weighted by atomic mass is 10.3. The Labute approximate surface area is 135 Å². The predicted molar refractivity (Wildman–Crippen MR) is 90.7 cm³/mol. The average Bonchev–Trinajstić information content (AvgIpc) is 2.88. The van der Waals surface area contributed by atoms with Crippen LogP contribution in [0, 0.1) is 0 Å². The number of nitrogens with zero attached hydrogens (tertiary/aromatic N) is 2. The van der Waals surface area contributed by atoms with Gasteiger partial charge < -0.3 is 9.30 Å². The van der Waals surface area contributed by atoms with Crippen LogP contribution in [0.4, 0.5) is 0 Å². The summed E-state index contributed by atoms with van der Waals surface area (Å²) in [6.07, 6.45) is 2.07. The van der Waals surface area contributed by atoms with E-state index in [1.807, 2.05) is 30.3 Å². The van der Waals surface area contributed by atoms with Crippen molar-refractivity contribution < 1.29 is 4.74 Å². The van der Waals surface area contributed by atoms with Gasteiger partial charge in [-0.15, -0.1) is 0 Å². The summed E-state index contributed by atoms with van der Waals surface area (Å²) in [5.41, 5.74) is 2.23. The number of rotatable bonds is 6. The van der Waals surface area contributed by atoms with Crippen molar-refractivity contribution >= 4 is 22.6 Å². The normalized spacial score (nSPS) is 11.0. The molecule has 0 amide bonds. The van der Waals surface area contributed by atoms with Crippen LogP contribution in [0.2, 0.25) is 5.02 Å². The summed E-state index contributed by atoms with van der Waals surface area (Å²) in [4.78, 5) is 4.73. The van der Waals surface area contributed by atoms with Crippen molar-refractivity contribution in [3.63, 3.8) is 0 Å². The Bertz CT molecular complexity index is 749. The number of aryl methyl sites for hydroxylation is 1. The molecule has 0 unspecified atom stereocenters. The number of hydrogen-bond acceptors (Lipinski definition) is 2. The van der Waals surface area contributed by atoms with E-state index >= 15 is 0 Å². The zero-order valence-corrected chi connectivity index (χ0v) is 13.4. The number of fused-ring (bicyclic) bond motifs is 1. The number of ether oxygens (including phenoxy) is 1. The molecule has 114 valence electrons. The van der Waals surface area contributed by atoms with Gasteiger partial charge in [0, 0.05) is 11.4 Å². The van der Waals surface area contributed by atoms with Crippen LogP contribution in [0.25, 0.3) is 11.0 Å². The van der Waals surface area contributed by atoms with Crippen LogP contribution in [-0.2, 0) is 13.0 Å². The molecule has 0 fully saturated rings. The van der Waals surface area contributed by atoms with Crippen LogP contribution in [0.15, 0.2) is 48.5 Å². The predicted octanol–water partition coefficient (Wildman–Crippen LogP) is 4.72. The van der Waals surface area contributed by atoms with Crippen LogP contribution < -0.4 is 4.74 Å². The first kappa shape index (κ1) is 14.9. The van der Waals surface area contributed by atoms with E-state index in [2.05, 4.69) is 29.7 Å². The van der Waals surface area contributed by atoms with Crippen LogP contribution in [-0.4, -0.2) is 16.2 Å². The molecule has 4 heteroatoms. The molecule has 0 aliphatic carbocycles. The van der Waals surface area contributed by atoms with E-state index in [1.165, 1.54) is 5.52 Å². The van der Waals surface area contributed by atoms with E-state index in [0.717, 1.165) is 41.5 Å². The van der Waals surface area contributed by atoms with Crippen molar-refractivity contribution in [2.45, 2.75) is 26.3 Å². The summed E-state index contributed by atoms with van der Waals surface area (Å²) in [6.45, 7) is 3.57. The highest BCUT2D eigenvalue weighted by Gasteiger charge is 2.09. The summed E-state index contributed by atoms with van der Waals surface area (Å²) in [5, 5.41) is 0.721. The molecule has 3 nitrogen and oxygen atoms in total. The molecule has 3 rings (SSSR count). The standard InChI is InChI=1S/C18H19ClN2O/c1-2-5-18-20-16-6-3-4-7-17(16)21(18)12-13-22-15-10-8-14(19)9-11-15/h3-4,6-11H,2,5,12-13H2,1H3. The summed E-state index contributed by atoms with van der Waals surface area (Å²) in [5.74, 6) is 1.97. The minimum Gasteiger partial charge on any atom is -0.492 e. The third-order valence-electron chi connectivity index (χ3n) is 3.60. The lowest BCUT2D eigenvalue weighted by Gasteiger charge is -2.10. The number of para-hydroxylation sites is 2. The average molecular weight is 315 g/mol. The van der Waals surface area contributed by atoms with Gasteiger partial charge >= 0.3 is 0 Å². The molecule has 1 aromatic heterocycles. The van der Waals surface area contributed by atoms with E-state index in [1.54, 1.807) is 0 Å². The van der Waals surface area contributed by atoms with Gasteiger partial charge in [0.25, 0.3) is 0 Å². The number of hydrogen-bond donors (Lipinski definition) is 0. The smallest absolute Gasteiger partial charge is 0.119 e. The van der Waals surface area contributed by atoms with Gasteiger partial charge in [0.15, 0.2) is 0 Å². The Morgan fingerprint density at radius 1 is 1.09 bits per heavy atom. The maximum Gasteiger partial charge on any atom is 0.119 e. The fourth-order valence-corrected chi connectivity index (χ4v) is 2.70. The molecule has 3 aromatic rings. The highest BCUT2D eigenvalue weighted by molar-refractivity contribution is 6.30. The number of aromatic nitrogens is 2. The van der Waals surface area contributed by atoms with Gasteiger partial charge in [-0.05, 0) is 42.8 Å². The second kappa shape index (κ2) is 6.84. The summed E-state index contributed by atoms with van der Waals surface area (Å²) >= 11 is 5.88. The molecule has 22 heavy (non-hydrogen) atoms. The van der Waals surface area contributed by atoms with E-state index in [0.29, 0.717) is 6.61 Å². The first-order valence-electron chi connectivity index (χ1n) is 7.60. The van der Waals surface area contributed by atoms with Crippen molar-refractivity contribution in [3.05, 3.63) is 59.4 Å². The molecule has 1 heterocycles. The molecule has 0 radical (unpaired) electrons. The van der Waals surface area contributed by atoms with Gasteiger partial charge in [0.1, 0.15) is 18.2 Å². The topological polar surface area (TPSA) is 27.1 Å². The van der Waals surface area contributed by atoms with Gasteiger partial charge in [-0.2, -0.15) is 0 Å². The van der Waals surface area contributed by atoms with E-state index in [9.17, 15) is 0 Å². The Kier molecular flexibility index (Phi) is 4.64. The number of benzene rings is 2. The van der Waals surface area contributed by atoms with Gasteiger partial charge in [-0.1, -0.05) is 30.7 Å². The van der Waals surface area contributed by atoms with Crippen LogP contribution in [0.1, 0.15) is 19.2 Å². The minimum absolute atomic E-state index is 0.610. The molecule has 0 spiro atoms. The van der Waals surface area contributed by atoms with Gasteiger partial charge in [-0.25, -0.2) is 4.98 Å². The lowest BCUT2D eigenvalue weighted by Crippen LogP contribution is -2.11. The number of imidazole rings is 1. The molecule has 0 aliphatic rings. The van der Waals surface area contributed by atoms with Crippen molar-refractivity contribution in [2.24, 2.45) is 0 Å². The Morgan fingerprint density at radius 2 is 1.86 bits per heavy atom. The highest BCUT2D eigenvalue weighted by Crippen LogP contribution is 2.18. The molecule has 0 atom stereocenters. The number of halogens is 1. The van der Waals surface area contributed by atoms with Crippen LogP contribution in [0.5, 0.6) is 5.75 Å². The SMILES string of the molecule is CCCc1nc2ccccc2n1CCOc1ccc(Cl)cc1.